The molecule has 1 aliphatic rings. The van der Waals surface area contributed by atoms with E-state index in [1.54, 1.807) is 0 Å². The summed E-state index contributed by atoms with van der Waals surface area (Å²) >= 11 is 0. The fourth-order valence-electron chi connectivity index (χ4n) is 3.18. The van der Waals surface area contributed by atoms with Gasteiger partial charge in [-0.3, -0.25) is 0 Å². The van der Waals surface area contributed by atoms with Crippen molar-refractivity contribution in [2.45, 2.75) is 70.6 Å². The first-order valence-electron chi connectivity index (χ1n) is 8.16. The van der Waals surface area contributed by atoms with Crippen molar-refractivity contribution in [1.29, 1.82) is 0 Å². The normalized spacial score (nSPS) is 17.4. The van der Waals surface area contributed by atoms with E-state index in [0.717, 1.165) is 30.0 Å². The van der Waals surface area contributed by atoms with Crippen LogP contribution in [0, 0.1) is 0 Å². The Balaban J connectivity index is 1.98. The third kappa shape index (κ3) is 4.09. The molecule has 110 valence electrons. The molecule has 1 saturated carbocycles. The highest BCUT2D eigenvalue weighted by Crippen LogP contribution is 2.32. The molecule has 2 nitrogen and oxygen atoms in total. The van der Waals surface area contributed by atoms with Crippen molar-refractivity contribution in [2.75, 3.05) is 0 Å². The summed E-state index contributed by atoms with van der Waals surface area (Å²) in [6.45, 7) is 2.19. The molecule has 0 saturated heterocycles. The minimum atomic E-state index is 0.743. The quantitative estimate of drug-likeness (QED) is 0.316. The average Bonchev–Trinajstić information content (AvgIpc) is 2.53. The molecule has 0 aromatic heterocycles. The van der Waals surface area contributed by atoms with Crippen molar-refractivity contribution >= 4 is 5.71 Å². The van der Waals surface area contributed by atoms with Crippen molar-refractivity contribution in [3.8, 4) is 0 Å². The number of oxime groups is 1. The van der Waals surface area contributed by atoms with Crippen LogP contribution in [-0.4, -0.2) is 10.9 Å². The number of hydrogen-bond acceptors (Lipinski definition) is 2. The van der Waals surface area contributed by atoms with E-state index in [0.29, 0.717) is 0 Å². The van der Waals surface area contributed by atoms with Gasteiger partial charge in [0, 0.05) is 0 Å². The van der Waals surface area contributed by atoms with Gasteiger partial charge >= 0.3 is 0 Å². The summed E-state index contributed by atoms with van der Waals surface area (Å²) < 4.78 is 0. The molecule has 0 heterocycles. The van der Waals surface area contributed by atoms with Crippen LogP contribution < -0.4 is 0 Å². The second kappa shape index (κ2) is 8.08. The van der Waals surface area contributed by atoms with Crippen molar-refractivity contribution < 1.29 is 5.21 Å². The molecule has 0 bridgehead atoms. The number of benzene rings is 1. The lowest BCUT2D eigenvalue weighted by atomic mass is 9.84. The lowest BCUT2D eigenvalue weighted by molar-refractivity contribution is 0.317. The van der Waals surface area contributed by atoms with Gasteiger partial charge in [0.15, 0.2) is 0 Å². The molecular formula is C18H27NO. The van der Waals surface area contributed by atoms with Gasteiger partial charge in [0.2, 0.25) is 0 Å². The summed E-state index contributed by atoms with van der Waals surface area (Å²) in [4.78, 5) is 0. The van der Waals surface area contributed by atoms with Gasteiger partial charge in [-0.2, -0.15) is 0 Å². The Bertz CT molecular complexity index is 416. The Morgan fingerprint density at radius 2 is 1.80 bits per heavy atom. The smallest absolute Gasteiger partial charge is 0.0867 e. The third-order valence-electron chi connectivity index (χ3n) is 4.46. The second-order valence-corrected chi connectivity index (χ2v) is 5.96. The van der Waals surface area contributed by atoms with E-state index in [4.69, 9.17) is 0 Å². The Kier molecular flexibility index (Phi) is 6.10. The van der Waals surface area contributed by atoms with E-state index in [1.807, 2.05) is 0 Å². The number of unbranched alkanes of at least 4 members (excludes halogenated alkanes) is 2. The van der Waals surface area contributed by atoms with Gasteiger partial charge < -0.3 is 5.21 Å². The Labute approximate surface area is 122 Å². The highest BCUT2D eigenvalue weighted by atomic mass is 16.4. The Hall–Kier alpha value is -1.31. The second-order valence-electron chi connectivity index (χ2n) is 5.96. The minimum absolute atomic E-state index is 0.743. The molecule has 1 N–H and O–H groups in total. The Morgan fingerprint density at radius 1 is 1.10 bits per heavy atom. The molecule has 0 amide bonds. The minimum Gasteiger partial charge on any atom is -0.411 e. The van der Waals surface area contributed by atoms with Gasteiger partial charge in [-0.25, -0.2) is 0 Å². The summed E-state index contributed by atoms with van der Waals surface area (Å²) in [6, 6.07) is 8.72. The standard InChI is InChI=1S/C18H27NO/c1-2-3-5-10-18(19-20)17-13-11-16(12-14-17)15-8-6-4-7-9-15/h11-15,20H,2-10H2,1H3/b19-18-. The fraction of sp³-hybridized carbons (Fsp3) is 0.611. The summed E-state index contributed by atoms with van der Waals surface area (Å²) in [5.74, 6) is 0.743. The van der Waals surface area contributed by atoms with Crippen LogP contribution in [-0.2, 0) is 0 Å². The van der Waals surface area contributed by atoms with Gasteiger partial charge in [-0.1, -0.05) is 68.4 Å². The first kappa shape index (κ1) is 15.1. The lowest BCUT2D eigenvalue weighted by Gasteiger charge is -2.22. The SMILES string of the molecule is CCCCC/C(=N/O)c1ccc(C2CCCCC2)cc1. The molecule has 0 radical (unpaired) electrons. The van der Waals surface area contributed by atoms with Crippen LogP contribution in [0.5, 0.6) is 0 Å². The van der Waals surface area contributed by atoms with E-state index in [1.165, 1.54) is 50.5 Å². The van der Waals surface area contributed by atoms with Crippen molar-refractivity contribution in [2.24, 2.45) is 5.16 Å². The van der Waals surface area contributed by atoms with Crippen LogP contribution in [0.2, 0.25) is 0 Å². The molecule has 2 heteroatoms. The van der Waals surface area contributed by atoms with Crippen LogP contribution in [0.4, 0.5) is 0 Å². The van der Waals surface area contributed by atoms with E-state index in [2.05, 4.69) is 36.3 Å². The van der Waals surface area contributed by atoms with E-state index >= 15 is 0 Å². The van der Waals surface area contributed by atoms with Crippen molar-refractivity contribution in [1.82, 2.24) is 0 Å². The lowest BCUT2D eigenvalue weighted by Crippen LogP contribution is -2.06. The van der Waals surface area contributed by atoms with Crippen LogP contribution >= 0.6 is 0 Å². The zero-order chi connectivity index (χ0) is 14.2. The van der Waals surface area contributed by atoms with Crippen molar-refractivity contribution in [3.05, 3.63) is 35.4 Å². The average molecular weight is 273 g/mol. The molecule has 1 aromatic rings. The number of hydrogen-bond donors (Lipinski definition) is 1. The third-order valence-corrected chi connectivity index (χ3v) is 4.46. The molecular weight excluding hydrogens is 246 g/mol. The monoisotopic (exact) mass is 273 g/mol. The topological polar surface area (TPSA) is 32.6 Å². The summed E-state index contributed by atoms with van der Waals surface area (Å²) in [6.07, 6.45) is 11.1. The molecule has 20 heavy (non-hydrogen) atoms. The molecule has 1 fully saturated rings. The van der Waals surface area contributed by atoms with E-state index < -0.39 is 0 Å². The first-order chi connectivity index (χ1) is 9.85. The molecule has 0 spiro atoms. The van der Waals surface area contributed by atoms with E-state index in [-0.39, 0.29) is 0 Å². The fourth-order valence-corrected chi connectivity index (χ4v) is 3.18. The maximum Gasteiger partial charge on any atom is 0.0867 e. The predicted octanol–water partition coefficient (Wildman–Crippen LogP) is 5.49. The maximum absolute atomic E-state index is 9.18. The maximum atomic E-state index is 9.18. The summed E-state index contributed by atoms with van der Waals surface area (Å²) in [7, 11) is 0. The summed E-state index contributed by atoms with van der Waals surface area (Å²) in [5, 5.41) is 12.7. The van der Waals surface area contributed by atoms with Gasteiger partial charge in [-0.15, -0.1) is 0 Å². The molecule has 2 rings (SSSR count). The van der Waals surface area contributed by atoms with Gasteiger partial charge in [0.25, 0.3) is 0 Å². The molecule has 1 aliphatic carbocycles. The largest absolute Gasteiger partial charge is 0.411 e. The molecule has 0 atom stereocenters. The van der Waals surface area contributed by atoms with Crippen LogP contribution in [0.25, 0.3) is 0 Å². The van der Waals surface area contributed by atoms with Crippen molar-refractivity contribution in [3.63, 3.8) is 0 Å². The molecule has 0 unspecified atom stereocenters. The Morgan fingerprint density at radius 3 is 2.40 bits per heavy atom. The van der Waals surface area contributed by atoms with Crippen LogP contribution in [0.15, 0.2) is 29.4 Å². The van der Waals surface area contributed by atoms with Crippen LogP contribution in [0.3, 0.4) is 0 Å². The zero-order valence-corrected chi connectivity index (χ0v) is 12.6. The molecule has 1 aromatic carbocycles. The summed E-state index contributed by atoms with van der Waals surface area (Å²) in [5.41, 5.74) is 3.36. The molecule has 0 aliphatic heterocycles. The van der Waals surface area contributed by atoms with Gasteiger partial charge in [0.05, 0.1) is 5.71 Å². The highest BCUT2D eigenvalue weighted by molar-refractivity contribution is 6.00. The van der Waals surface area contributed by atoms with Crippen LogP contribution in [0.1, 0.15) is 81.8 Å². The zero-order valence-electron chi connectivity index (χ0n) is 12.6. The van der Waals surface area contributed by atoms with Gasteiger partial charge in [-0.05, 0) is 42.7 Å². The van der Waals surface area contributed by atoms with Gasteiger partial charge in [0.1, 0.15) is 0 Å². The predicted molar refractivity (Wildman–Crippen MR) is 84.7 cm³/mol. The number of nitrogens with zero attached hydrogens (tertiary/aromatic N) is 1. The van der Waals surface area contributed by atoms with E-state index in [9.17, 15) is 5.21 Å². The number of rotatable bonds is 6. The highest BCUT2D eigenvalue weighted by Gasteiger charge is 2.15. The first-order valence-corrected chi connectivity index (χ1v) is 8.16.